The standard InChI is InChI=1S/C26H32N4O2/c1-2-6-25-28-24(14-11-19-7-4-3-5-8-19)29-30(25)18-20-9-12-21(13-10-20)22-15-16-27-17-23(22)26(31)32/h9-10,12-13,15-17,19H,2-8,11,14,18H2,1H3,(H,31,32). The lowest BCUT2D eigenvalue weighted by Gasteiger charge is -2.20. The number of carboxylic acids is 1. The van der Waals surface area contributed by atoms with Crippen molar-refractivity contribution >= 4 is 5.97 Å². The quantitative estimate of drug-likeness (QED) is 0.479. The van der Waals surface area contributed by atoms with Gasteiger partial charge in [-0.25, -0.2) is 14.5 Å². The van der Waals surface area contributed by atoms with Crippen LogP contribution in [0.5, 0.6) is 0 Å². The maximum absolute atomic E-state index is 11.5. The summed E-state index contributed by atoms with van der Waals surface area (Å²) in [6, 6.07) is 9.77. The van der Waals surface area contributed by atoms with Crippen molar-refractivity contribution in [2.75, 3.05) is 0 Å². The van der Waals surface area contributed by atoms with Gasteiger partial charge in [-0.15, -0.1) is 0 Å². The highest BCUT2D eigenvalue weighted by molar-refractivity contribution is 5.95. The molecule has 0 radical (unpaired) electrons. The van der Waals surface area contributed by atoms with Gasteiger partial charge in [-0.2, -0.15) is 5.10 Å². The molecule has 6 heteroatoms. The van der Waals surface area contributed by atoms with Crippen LogP contribution in [0.25, 0.3) is 11.1 Å². The van der Waals surface area contributed by atoms with Gasteiger partial charge in [-0.05, 0) is 41.5 Å². The highest BCUT2D eigenvalue weighted by Gasteiger charge is 2.16. The fraction of sp³-hybridized carbons (Fsp3) is 0.462. The van der Waals surface area contributed by atoms with Crippen LogP contribution < -0.4 is 0 Å². The van der Waals surface area contributed by atoms with Crippen molar-refractivity contribution in [1.29, 1.82) is 0 Å². The van der Waals surface area contributed by atoms with E-state index < -0.39 is 5.97 Å². The predicted molar refractivity (Wildman–Crippen MR) is 125 cm³/mol. The van der Waals surface area contributed by atoms with Crippen LogP contribution in [-0.4, -0.2) is 30.8 Å². The van der Waals surface area contributed by atoms with Gasteiger partial charge in [0.1, 0.15) is 5.82 Å². The van der Waals surface area contributed by atoms with Crippen LogP contribution in [0.3, 0.4) is 0 Å². The number of rotatable bonds is 9. The second-order valence-corrected chi connectivity index (χ2v) is 8.82. The van der Waals surface area contributed by atoms with E-state index in [2.05, 4.69) is 11.9 Å². The van der Waals surface area contributed by atoms with Crippen LogP contribution in [0.1, 0.15) is 79.4 Å². The molecule has 0 unspecified atom stereocenters. The largest absolute Gasteiger partial charge is 0.478 e. The maximum Gasteiger partial charge on any atom is 0.337 e. The Bertz CT molecular complexity index is 1040. The Balaban J connectivity index is 1.47. The molecule has 0 spiro atoms. The number of aromatic carboxylic acids is 1. The first-order valence-corrected chi connectivity index (χ1v) is 11.8. The molecule has 0 aliphatic heterocycles. The molecule has 3 aromatic rings. The molecule has 6 nitrogen and oxygen atoms in total. The molecular weight excluding hydrogens is 400 g/mol. The van der Waals surface area contributed by atoms with Crippen LogP contribution in [0.2, 0.25) is 0 Å². The summed E-state index contributed by atoms with van der Waals surface area (Å²) in [5.74, 6) is 1.89. The zero-order valence-corrected chi connectivity index (χ0v) is 18.8. The monoisotopic (exact) mass is 432 g/mol. The van der Waals surface area contributed by atoms with Crippen molar-refractivity contribution in [3.8, 4) is 11.1 Å². The van der Waals surface area contributed by atoms with Gasteiger partial charge in [0.05, 0.1) is 12.1 Å². The Labute approximate surface area is 189 Å². The number of carboxylic acid groups (broad SMARTS) is 1. The minimum absolute atomic E-state index is 0.212. The van der Waals surface area contributed by atoms with E-state index in [9.17, 15) is 9.90 Å². The van der Waals surface area contributed by atoms with Gasteiger partial charge in [0.15, 0.2) is 5.82 Å². The first-order valence-electron chi connectivity index (χ1n) is 11.8. The van der Waals surface area contributed by atoms with E-state index in [0.717, 1.165) is 48.0 Å². The number of carbonyl (C=O) groups is 1. The van der Waals surface area contributed by atoms with Crippen LogP contribution >= 0.6 is 0 Å². The summed E-state index contributed by atoms with van der Waals surface area (Å²) < 4.78 is 2.05. The number of nitrogens with zero attached hydrogens (tertiary/aromatic N) is 4. The SMILES string of the molecule is CCCc1nc(CCC2CCCCC2)nn1Cc1ccc(-c2ccncc2C(=O)O)cc1. The van der Waals surface area contributed by atoms with E-state index in [1.807, 2.05) is 28.9 Å². The number of benzene rings is 1. The Morgan fingerprint density at radius 3 is 2.59 bits per heavy atom. The minimum Gasteiger partial charge on any atom is -0.478 e. The average molecular weight is 433 g/mol. The van der Waals surface area contributed by atoms with E-state index in [0.29, 0.717) is 12.1 Å². The molecule has 0 atom stereocenters. The van der Waals surface area contributed by atoms with Gasteiger partial charge in [-0.3, -0.25) is 4.98 Å². The lowest BCUT2D eigenvalue weighted by Crippen LogP contribution is -2.08. The molecule has 1 fully saturated rings. The van der Waals surface area contributed by atoms with Crippen molar-refractivity contribution in [2.45, 2.75) is 71.3 Å². The third-order valence-corrected chi connectivity index (χ3v) is 6.42. The molecule has 0 saturated heterocycles. The van der Waals surface area contributed by atoms with Crippen LogP contribution in [0.4, 0.5) is 0 Å². The number of aryl methyl sites for hydroxylation is 2. The zero-order chi connectivity index (χ0) is 22.3. The summed E-state index contributed by atoms with van der Waals surface area (Å²) in [6.45, 7) is 2.85. The molecule has 1 aliphatic carbocycles. The van der Waals surface area contributed by atoms with Crippen molar-refractivity contribution < 1.29 is 9.90 Å². The molecule has 32 heavy (non-hydrogen) atoms. The second-order valence-electron chi connectivity index (χ2n) is 8.82. The lowest BCUT2D eigenvalue weighted by atomic mass is 9.86. The van der Waals surface area contributed by atoms with E-state index in [1.165, 1.54) is 44.7 Å². The third kappa shape index (κ3) is 5.42. The Morgan fingerprint density at radius 2 is 1.88 bits per heavy atom. The van der Waals surface area contributed by atoms with Gasteiger partial charge in [0, 0.05) is 25.2 Å². The average Bonchev–Trinajstić information content (AvgIpc) is 3.20. The summed E-state index contributed by atoms with van der Waals surface area (Å²) in [4.78, 5) is 20.3. The molecule has 1 aliphatic rings. The van der Waals surface area contributed by atoms with Gasteiger partial charge >= 0.3 is 5.97 Å². The molecule has 4 rings (SSSR count). The van der Waals surface area contributed by atoms with Crippen LogP contribution in [0, 0.1) is 5.92 Å². The Hall–Kier alpha value is -3.02. The highest BCUT2D eigenvalue weighted by atomic mass is 16.4. The molecule has 0 amide bonds. The van der Waals surface area contributed by atoms with E-state index in [4.69, 9.17) is 10.1 Å². The molecule has 1 N–H and O–H groups in total. The Kier molecular flexibility index (Phi) is 7.30. The molecular formula is C26H32N4O2. The fourth-order valence-corrected chi connectivity index (χ4v) is 4.66. The van der Waals surface area contributed by atoms with Crippen LogP contribution in [-0.2, 0) is 19.4 Å². The first-order chi connectivity index (χ1) is 15.6. The highest BCUT2D eigenvalue weighted by Crippen LogP contribution is 2.27. The molecule has 168 valence electrons. The summed E-state index contributed by atoms with van der Waals surface area (Å²) >= 11 is 0. The number of hydrogen-bond acceptors (Lipinski definition) is 4. The third-order valence-electron chi connectivity index (χ3n) is 6.42. The summed E-state index contributed by atoms with van der Waals surface area (Å²) in [5.41, 5.74) is 2.88. The summed E-state index contributed by atoms with van der Waals surface area (Å²) in [5, 5.41) is 14.3. The van der Waals surface area contributed by atoms with Crippen molar-refractivity contribution in [3.63, 3.8) is 0 Å². The van der Waals surface area contributed by atoms with Crippen molar-refractivity contribution in [1.82, 2.24) is 19.7 Å². The van der Waals surface area contributed by atoms with Gasteiger partial charge in [0.25, 0.3) is 0 Å². The molecule has 2 aromatic heterocycles. The fourth-order valence-electron chi connectivity index (χ4n) is 4.66. The maximum atomic E-state index is 11.5. The summed E-state index contributed by atoms with van der Waals surface area (Å²) in [7, 11) is 0. The van der Waals surface area contributed by atoms with E-state index in [1.54, 1.807) is 12.3 Å². The molecule has 0 bridgehead atoms. The van der Waals surface area contributed by atoms with Gasteiger partial charge in [0.2, 0.25) is 0 Å². The normalized spacial score (nSPS) is 14.5. The summed E-state index contributed by atoms with van der Waals surface area (Å²) in [6.07, 6.45) is 14.0. The second kappa shape index (κ2) is 10.5. The van der Waals surface area contributed by atoms with Crippen LogP contribution in [0.15, 0.2) is 42.7 Å². The Morgan fingerprint density at radius 1 is 1.09 bits per heavy atom. The molecule has 1 aromatic carbocycles. The smallest absolute Gasteiger partial charge is 0.337 e. The minimum atomic E-state index is -0.968. The number of pyridine rings is 1. The molecule has 1 saturated carbocycles. The molecule has 2 heterocycles. The predicted octanol–water partition coefficient (Wildman–Crippen LogP) is 5.55. The van der Waals surface area contributed by atoms with E-state index >= 15 is 0 Å². The van der Waals surface area contributed by atoms with Gasteiger partial charge in [-0.1, -0.05) is 63.3 Å². The lowest BCUT2D eigenvalue weighted by molar-refractivity contribution is 0.0697. The zero-order valence-electron chi connectivity index (χ0n) is 18.8. The topological polar surface area (TPSA) is 80.9 Å². The number of hydrogen-bond donors (Lipinski definition) is 1. The van der Waals surface area contributed by atoms with Gasteiger partial charge < -0.3 is 5.11 Å². The number of aromatic nitrogens is 4. The van der Waals surface area contributed by atoms with E-state index in [-0.39, 0.29) is 5.56 Å². The van der Waals surface area contributed by atoms with Crippen molar-refractivity contribution in [2.24, 2.45) is 5.92 Å². The van der Waals surface area contributed by atoms with Crippen molar-refractivity contribution in [3.05, 3.63) is 65.5 Å². The first kappa shape index (κ1) is 22.2.